The van der Waals surface area contributed by atoms with Crippen LogP contribution in [0, 0.1) is 17.8 Å². The normalized spacial score (nSPS) is 30.5. The quantitative estimate of drug-likeness (QED) is 0.783. The minimum atomic E-state index is -0.115. The first-order chi connectivity index (χ1) is 14.0. The second-order valence-corrected chi connectivity index (χ2v) is 9.83. The van der Waals surface area contributed by atoms with Gasteiger partial charge in [0.15, 0.2) is 0 Å². The van der Waals surface area contributed by atoms with Gasteiger partial charge >= 0.3 is 0 Å². The predicted octanol–water partition coefficient (Wildman–Crippen LogP) is 5.17. The molecule has 3 heteroatoms. The van der Waals surface area contributed by atoms with Crippen molar-refractivity contribution in [1.82, 2.24) is 4.90 Å². The van der Waals surface area contributed by atoms with Crippen LogP contribution in [0.2, 0.25) is 0 Å². The van der Waals surface area contributed by atoms with E-state index >= 15 is 0 Å². The van der Waals surface area contributed by atoms with Crippen molar-refractivity contribution in [3.05, 3.63) is 65.2 Å². The molecule has 2 bridgehead atoms. The van der Waals surface area contributed by atoms with E-state index in [0.29, 0.717) is 17.6 Å². The highest BCUT2D eigenvalue weighted by Gasteiger charge is 2.54. The number of likely N-dealkylation sites (N-methyl/N-ethyl adjacent to an activating group) is 1. The third-order valence-corrected chi connectivity index (χ3v) is 7.95. The zero-order chi connectivity index (χ0) is 20.2. The van der Waals surface area contributed by atoms with Crippen LogP contribution in [0.3, 0.4) is 0 Å². The summed E-state index contributed by atoms with van der Waals surface area (Å²) in [4.78, 5) is 15.4. The lowest BCUT2D eigenvalue weighted by atomic mass is 9.53. The molecule has 1 unspecified atom stereocenters. The van der Waals surface area contributed by atoms with Crippen LogP contribution in [0.4, 0.5) is 0 Å². The number of rotatable bonds is 4. The number of fused-ring (bicyclic) bond motifs is 4. The molecule has 3 aliphatic carbocycles. The molecule has 0 radical (unpaired) electrons. The van der Waals surface area contributed by atoms with Gasteiger partial charge in [-0.15, -0.1) is 0 Å². The summed E-state index contributed by atoms with van der Waals surface area (Å²) in [6, 6.07) is 15.7. The molecule has 0 aromatic heterocycles. The first-order valence-corrected chi connectivity index (χ1v) is 11.1. The van der Waals surface area contributed by atoms with Crippen molar-refractivity contribution in [3.8, 4) is 5.75 Å². The van der Waals surface area contributed by atoms with Crippen LogP contribution < -0.4 is 0 Å². The molecule has 0 heterocycles. The fourth-order valence-corrected chi connectivity index (χ4v) is 6.38. The number of amides is 1. The lowest BCUT2D eigenvalue weighted by Crippen LogP contribution is -2.61. The molecule has 0 spiro atoms. The van der Waals surface area contributed by atoms with Gasteiger partial charge in [-0.05, 0) is 78.8 Å². The highest BCUT2D eigenvalue weighted by molar-refractivity contribution is 5.94. The summed E-state index contributed by atoms with van der Waals surface area (Å²) in [6.45, 7) is 2.32. The minimum absolute atomic E-state index is 0.113. The topological polar surface area (TPSA) is 40.5 Å². The summed E-state index contributed by atoms with van der Waals surface area (Å²) >= 11 is 0. The van der Waals surface area contributed by atoms with E-state index in [0.717, 1.165) is 24.3 Å². The molecular formula is C26H31NO2. The molecule has 152 valence electrons. The molecule has 4 atom stereocenters. The monoisotopic (exact) mass is 389 g/mol. The first-order valence-electron chi connectivity index (χ1n) is 11.1. The summed E-state index contributed by atoms with van der Waals surface area (Å²) in [5, 5.41) is 10.2. The molecule has 29 heavy (non-hydrogen) atoms. The van der Waals surface area contributed by atoms with E-state index in [-0.39, 0.29) is 17.4 Å². The molecule has 2 aromatic carbocycles. The number of nitrogens with zero attached hydrogens (tertiary/aromatic N) is 1. The molecule has 1 amide bonds. The number of phenolic OH excluding ortho intramolecular Hbond substituents is 1. The molecule has 1 N–H and O–H groups in total. The molecule has 2 fully saturated rings. The molecule has 3 nitrogen and oxygen atoms in total. The molecule has 3 aliphatic rings. The summed E-state index contributed by atoms with van der Waals surface area (Å²) in [7, 11) is 2.00. The molecule has 0 aliphatic heterocycles. The van der Waals surface area contributed by atoms with Gasteiger partial charge in [0.1, 0.15) is 5.75 Å². The fraction of sp³-hybridized carbons (Fsp3) is 0.500. The number of aromatic hydroxyl groups is 1. The number of hydrogen-bond donors (Lipinski definition) is 1. The van der Waals surface area contributed by atoms with Gasteiger partial charge in [0, 0.05) is 24.1 Å². The number of hydrogen-bond acceptors (Lipinski definition) is 2. The van der Waals surface area contributed by atoms with Gasteiger partial charge in [0.25, 0.3) is 5.91 Å². The lowest BCUT2D eigenvalue weighted by molar-refractivity contribution is 0.00749. The van der Waals surface area contributed by atoms with Crippen LogP contribution in [0.1, 0.15) is 60.5 Å². The fourth-order valence-electron chi connectivity index (χ4n) is 6.38. The highest BCUT2D eigenvalue weighted by atomic mass is 16.3. The Balaban J connectivity index is 1.56. The van der Waals surface area contributed by atoms with Gasteiger partial charge in [-0.3, -0.25) is 4.79 Å². The van der Waals surface area contributed by atoms with E-state index < -0.39 is 0 Å². The smallest absolute Gasteiger partial charge is 0.253 e. The van der Waals surface area contributed by atoms with E-state index in [1.54, 1.807) is 0 Å². The molecule has 2 saturated carbocycles. The third kappa shape index (κ3) is 3.15. The first kappa shape index (κ1) is 18.7. The van der Waals surface area contributed by atoms with Crippen molar-refractivity contribution in [2.75, 3.05) is 7.05 Å². The van der Waals surface area contributed by atoms with Gasteiger partial charge in [0.05, 0.1) is 0 Å². The van der Waals surface area contributed by atoms with Crippen molar-refractivity contribution >= 4 is 5.91 Å². The number of phenols is 1. The maximum absolute atomic E-state index is 13.4. The summed E-state index contributed by atoms with van der Waals surface area (Å²) in [5.41, 5.74) is 3.26. The van der Waals surface area contributed by atoms with Gasteiger partial charge < -0.3 is 10.0 Å². The van der Waals surface area contributed by atoms with Crippen molar-refractivity contribution in [2.24, 2.45) is 17.8 Å². The summed E-state index contributed by atoms with van der Waals surface area (Å²) < 4.78 is 0. The predicted molar refractivity (Wildman–Crippen MR) is 115 cm³/mol. The van der Waals surface area contributed by atoms with Crippen LogP contribution in [-0.4, -0.2) is 29.0 Å². The number of carbonyl (C=O) groups is 1. The number of carbonyl (C=O) groups excluding carboxylic acids is 1. The van der Waals surface area contributed by atoms with Crippen LogP contribution in [0.5, 0.6) is 5.75 Å². The Kier molecular flexibility index (Phi) is 4.45. The lowest BCUT2D eigenvalue weighted by Gasteiger charge is -2.57. The van der Waals surface area contributed by atoms with E-state index in [9.17, 15) is 9.90 Å². The second-order valence-electron chi connectivity index (χ2n) is 9.83. The Bertz CT molecular complexity index is 920. The Labute approximate surface area is 173 Å². The average Bonchev–Trinajstić information content (AvgIpc) is 3.55. The van der Waals surface area contributed by atoms with Crippen molar-refractivity contribution in [1.29, 1.82) is 0 Å². The molecule has 5 rings (SSSR count). The van der Waals surface area contributed by atoms with Crippen LogP contribution >= 0.6 is 0 Å². The zero-order valence-corrected chi connectivity index (χ0v) is 17.5. The van der Waals surface area contributed by atoms with Gasteiger partial charge in [-0.2, -0.15) is 0 Å². The largest absolute Gasteiger partial charge is 0.508 e. The van der Waals surface area contributed by atoms with Gasteiger partial charge in [0.2, 0.25) is 0 Å². The molecule has 0 saturated heterocycles. The van der Waals surface area contributed by atoms with E-state index in [4.69, 9.17) is 0 Å². The molecular weight excluding hydrogens is 358 g/mol. The van der Waals surface area contributed by atoms with Crippen molar-refractivity contribution in [2.45, 2.75) is 56.9 Å². The van der Waals surface area contributed by atoms with E-state index in [1.807, 2.05) is 54.4 Å². The van der Waals surface area contributed by atoms with Crippen molar-refractivity contribution < 1.29 is 9.90 Å². The average molecular weight is 390 g/mol. The standard InChI is InChI=1S/C26H31NO2/c1-26-13-12-19(14-17-8-9-17)22(15-20-10-11-21(28)16-23(20)26)24(26)27(2)25(29)18-6-4-3-5-7-18/h3-7,10-11,16-17,19,22,24,28H,8-9,12-15H2,1-2H3/t19?,22-,24+,26-/m0/s1. The van der Waals surface area contributed by atoms with E-state index in [2.05, 4.69) is 13.0 Å². The minimum Gasteiger partial charge on any atom is -0.508 e. The Morgan fingerprint density at radius 1 is 1.14 bits per heavy atom. The zero-order valence-electron chi connectivity index (χ0n) is 17.5. The summed E-state index contributed by atoms with van der Waals surface area (Å²) in [5.74, 6) is 2.53. The van der Waals surface area contributed by atoms with Gasteiger partial charge in [-0.25, -0.2) is 0 Å². The second kappa shape index (κ2) is 6.90. The Morgan fingerprint density at radius 3 is 2.62 bits per heavy atom. The summed E-state index contributed by atoms with van der Waals surface area (Å²) in [6.07, 6.45) is 7.41. The maximum atomic E-state index is 13.4. The SMILES string of the molecule is CN(C(=O)c1ccccc1)[C@@H]1[C@H]2Cc3ccc(O)cc3[C@]1(C)CCC2CC1CC1. The Morgan fingerprint density at radius 2 is 1.90 bits per heavy atom. The Hall–Kier alpha value is -2.29. The third-order valence-electron chi connectivity index (χ3n) is 7.95. The van der Waals surface area contributed by atoms with Crippen molar-refractivity contribution in [3.63, 3.8) is 0 Å². The van der Waals surface area contributed by atoms with Crippen LogP contribution in [0.25, 0.3) is 0 Å². The van der Waals surface area contributed by atoms with Crippen LogP contribution in [-0.2, 0) is 11.8 Å². The number of benzene rings is 2. The molecule has 2 aromatic rings. The van der Waals surface area contributed by atoms with Gasteiger partial charge in [-0.1, -0.05) is 44.0 Å². The highest BCUT2D eigenvalue weighted by Crippen LogP contribution is 2.55. The maximum Gasteiger partial charge on any atom is 0.253 e. The van der Waals surface area contributed by atoms with Crippen LogP contribution in [0.15, 0.2) is 48.5 Å². The van der Waals surface area contributed by atoms with E-state index in [1.165, 1.54) is 36.8 Å².